The Balaban J connectivity index is 2.22. The Bertz CT molecular complexity index is 913. The molecule has 0 spiro atoms. The average Bonchev–Trinajstić information content (AvgIpc) is 2.68. The van der Waals surface area contributed by atoms with Crippen molar-refractivity contribution in [2.45, 2.75) is 34.1 Å². The van der Waals surface area contributed by atoms with Gasteiger partial charge >= 0.3 is 0 Å². The number of aryl methyl sites for hydroxylation is 1. The summed E-state index contributed by atoms with van der Waals surface area (Å²) in [6.45, 7) is 8.57. The Morgan fingerprint density at radius 3 is 2.43 bits per heavy atom. The van der Waals surface area contributed by atoms with Crippen LogP contribution >= 0.6 is 0 Å². The monoisotopic (exact) mass is 380 g/mol. The van der Waals surface area contributed by atoms with Gasteiger partial charge < -0.3 is 10.6 Å². The number of benzene rings is 2. The number of carbonyl (C=O) groups excluding carboxylic acids is 1. The van der Waals surface area contributed by atoms with Crippen molar-refractivity contribution in [2.75, 3.05) is 18.9 Å². The van der Waals surface area contributed by atoms with Gasteiger partial charge in [-0.2, -0.15) is 0 Å². The molecule has 2 aromatic carbocycles. The van der Waals surface area contributed by atoms with Gasteiger partial charge in [0.15, 0.2) is 0 Å². The minimum absolute atomic E-state index is 0.240. The van der Waals surface area contributed by atoms with E-state index in [0.717, 1.165) is 29.7 Å². The lowest BCUT2D eigenvalue weighted by atomic mass is 9.97. The molecule has 3 nitrogen and oxygen atoms in total. The predicted molar refractivity (Wildman–Crippen MR) is 117 cm³/mol. The van der Waals surface area contributed by atoms with Crippen molar-refractivity contribution in [3.63, 3.8) is 0 Å². The molecule has 0 saturated heterocycles. The van der Waals surface area contributed by atoms with Crippen LogP contribution in [-0.2, 0) is 0 Å². The Hall–Kier alpha value is -2.72. The van der Waals surface area contributed by atoms with Crippen LogP contribution in [-0.4, -0.2) is 19.5 Å². The van der Waals surface area contributed by atoms with Gasteiger partial charge in [-0.15, -0.1) is 0 Å². The molecule has 0 heterocycles. The fraction of sp³-hybridized carbons (Fsp3) is 0.292. The number of likely N-dealkylation sites (N-methyl/N-ethyl adjacent to an activating group) is 1. The molecule has 0 bridgehead atoms. The van der Waals surface area contributed by atoms with Gasteiger partial charge in [0.05, 0.1) is 0 Å². The van der Waals surface area contributed by atoms with Crippen molar-refractivity contribution in [3.05, 3.63) is 76.6 Å². The van der Waals surface area contributed by atoms with E-state index in [9.17, 15) is 9.18 Å². The normalized spacial score (nSPS) is 12.2. The highest BCUT2D eigenvalue weighted by Gasteiger charge is 2.12. The molecule has 0 aliphatic carbocycles. The first-order chi connectivity index (χ1) is 13.4. The van der Waals surface area contributed by atoms with Gasteiger partial charge in [-0.25, -0.2) is 4.39 Å². The van der Waals surface area contributed by atoms with E-state index in [4.69, 9.17) is 0 Å². The molecule has 28 heavy (non-hydrogen) atoms. The SMILES string of the molecule is C/C=C(\C)c1ccc(NC(=O)c2ccc(/C(=C/CNC)CC)cc2C)cc1F. The molecule has 2 aromatic rings. The second-order valence-electron chi connectivity index (χ2n) is 6.79. The van der Waals surface area contributed by atoms with Gasteiger partial charge in [0.2, 0.25) is 0 Å². The minimum atomic E-state index is -0.345. The van der Waals surface area contributed by atoms with E-state index < -0.39 is 0 Å². The Morgan fingerprint density at radius 1 is 1.14 bits per heavy atom. The third-order valence-corrected chi connectivity index (χ3v) is 4.86. The van der Waals surface area contributed by atoms with Crippen LogP contribution in [0.5, 0.6) is 0 Å². The summed E-state index contributed by atoms with van der Waals surface area (Å²) < 4.78 is 14.3. The van der Waals surface area contributed by atoms with Crippen molar-refractivity contribution >= 4 is 22.7 Å². The number of carbonyl (C=O) groups is 1. The van der Waals surface area contributed by atoms with Crippen molar-refractivity contribution < 1.29 is 9.18 Å². The van der Waals surface area contributed by atoms with E-state index >= 15 is 0 Å². The molecule has 2 N–H and O–H groups in total. The summed E-state index contributed by atoms with van der Waals surface area (Å²) in [4.78, 5) is 12.7. The van der Waals surface area contributed by atoms with Gasteiger partial charge in [-0.1, -0.05) is 31.2 Å². The Kier molecular flexibility index (Phi) is 7.70. The maximum atomic E-state index is 14.3. The number of amides is 1. The predicted octanol–water partition coefficient (Wildman–Crippen LogP) is 5.82. The molecular formula is C24H29FN2O. The van der Waals surface area contributed by atoms with E-state index in [1.54, 1.807) is 12.1 Å². The smallest absolute Gasteiger partial charge is 0.255 e. The zero-order valence-electron chi connectivity index (χ0n) is 17.3. The van der Waals surface area contributed by atoms with Crippen molar-refractivity contribution in [1.29, 1.82) is 0 Å². The molecule has 0 atom stereocenters. The van der Waals surface area contributed by atoms with Gasteiger partial charge in [0.1, 0.15) is 5.82 Å². The first-order valence-corrected chi connectivity index (χ1v) is 9.60. The van der Waals surface area contributed by atoms with Gasteiger partial charge in [-0.05, 0) is 80.8 Å². The summed E-state index contributed by atoms with van der Waals surface area (Å²) >= 11 is 0. The number of hydrogen-bond donors (Lipinski definition) is 2. The van der Waals surface area contributed by atoms with Crippen LogP contribution in [0.2, 0.25) is 0 Å². The summed E-state index contributed by atoms with van der Waals surface area (Å²) in [5.41, 5.74) is 5.68. The molecule has 2 rings (SSSR count). The lowest BCUT2D eigenvalue weighted by Crippen LogP contribution is -2.14. The fourth-order valence-corrected chi connectivity index (χ4v) is 3.08. The van der Waals surface area contributed by atoms with Gasteiger partial charge in [0, 0.05) is 23.4 Å². The maximum Gasteiger partial charge on any atom is 0.255 e. The molecule has 0 aromatic heterocycles. The third kappa shape index (κ3) is 5.17. The van der Waals surface area contributed by atoms with E-state index in [1.807, 2.05) is 52.1 Å². The van der Waals surface area contributed by atoms with Gasteiger partial charge in [-0.3, -0.25) is 4.79 Å². The van der Waals surface area contributed by atoms with Crippen molar-refractivity contribution in [2.24, 2.45) is 0 Å². The quantitative estimate of drug-likeness (QED) is 0.635. The standard InChI is InChI=1S/C24H29FN2O/c1-6-16(3)21-11-9-20(15-23(21)25)27-24(28)22-10-8-19(14-17(22)4)18(7-2)12-13-26-5/h6,8-12,14-15,26H,7,13H2,1-5H3,(H,27,28)/b16-6+,18-12+. The summed E-state index contributed by atoms with van der Waals surface area (Å²) in [5, 5.41) is 5.92. The Labute approximate surface area is 167 Å². The highest BCUT2D eigenvalue weighted by molar-refractivity contribution is 6.05. The summed E-state index contributed by atoms with van der Waals surface area (Å²) in [6.07, 6.45) is 4.94. The molecule has 148 valence electrons. The molecular weight excluding hydrogens is 351 g/mol. The molecule has 0 radical (unpaired) electrons. The van der Waals surface area contributed by atoms with E-state index in [0.29, 0.717) is 16.8 Å². The summed E-state index contributed by atoms with van der Waals surface area (Å²) in [7, 11) is 1.91. The molecule has 0 aliphatic heterocycles. The zero-order chi connectivity index (χ0) is 20.7. The number of nitrogens with one attached hydrogen (secondary N) is 2. The number of rotatable bonds is 7. The van der Waals surface area contributed by atoms with E-state index in [2.05, 4.69) is 23.6 Å². The molecule has 1 amide bonds. The summed E-state index contributed by atoms with van der Waals surface area (Å²) in [5.74, 6) is -0.584. The first-order valence-electron chi connectivity index (χ1n) is 9.60. The highest BCUT2D eigenvalue weighted by Crippen LogP contribution is 2.24. The lowest BCUT2D eigenvalue weighted by molar-refractivity contribution is 0.102. The molecule has 0 saturated carbocycles. The zero-order valence-corrected chi connectivity index (χ0v) is 17.3. The van der Waals surface area contributed by atoms with Crippen molar-refractivity contribution in [3.8, 4) is 0 Å². The van der Waals surface area contributed by atoms with Gasteiger partial charge in [0.25, 0.3) is 5.91 Å². The second kappa shape index (κ2) is 10.00. The molecule has 0 fully saturated rings. The minimum Gasteiger partial charge on any atom is -0.322 e. The average molecular weight is 381 g/mol. The molecule has 4 heteroatoms. The van der Waals surface area contributed by atoms with Crippen molar-refractivity contribution in [1.82, 2.24) is 5.32 Å². The largest absolute Gasteiger partial charge is 0.322 e. The van der Waals surface area contributed by atoms with Crippen LogP contribution < -0.4 is 10.6 Å². The molecule has 0 aliphatic rings. The summed E-state index contributed by atoms with van der Waals surface area (Å²) in [6, 6.07) is 10.6. The second-order valence-corrected chi connectivity index (χ2v) is 6.79. The maximum absolute atomic E-state index is 14.3. The van der Waals surface area contributed by atoms with Crippen LogP contribution in [0, 0.1) is 12.7 Å². The Morgan fingerprint density at radius 2 is 1.86 bits per heavy atom. The fourth-order valence-electron chi connectivity index (χ4n) is 3.08. The highest BCUT2D eigenvalue weighted by atomic mass is 19.1. The van der Waals surface area contributed by atoms with E-state index in [-0.39, 0.29) is 11.7 Å². The third-order valence-electron chi connectivity index (χ3n) is 4.86. The number of anilines is 1. The molecule has 0 unspecified atom stereocenters. The topological polar surface area (TPSA) is 41.1 Å². The number of halogens is 1. The van der Waals surface area contributed by atoms with Crippen LogP contribution in [0.15, 0.2) is 48.6 Å². The lowest BCUT2D eigenvalue weighted by Gasteiger charge is -2.12. The van der Waals surface area contributed by atoms with Crippen LogP contribution in [0.1, 0.15) is 54.2 Å². The number of hydrogen-bond acceptors (Lipinski definition) is 2. The van der Waals surface area contributed by atoms with Crippen LogP contribution in [0.4, 0.5) is 10.1 Å². The number of allylic oxidation sites excluding steroid dienone is 3. The van der Waals surface area contributed by atoms with E-state index in [1.165, 1.54) is 11.6 Å². The van der Waals surface area contributed by atoms with Crippen LogP contribution in [0.3, 0.4) is 0 Å². The first kappa shape index (κ1) is 21.6. The van der Waals surface area contributed by atoms with Crippen LogP contribution in [0.25, 0.3) is 11.1 Å².